The number of nitrogens with zero attached hydrogens (tertiary/aromatic N) is 2. The van der Waals surface area contributed by atoms with Gasteiger partial charge < -0.3 is 4.74 Å². The first-order valence-corrected chi connectivity index (χ1v) is 7.95. The molecular weight excluding hydrogens is 327 g/mol. The van der Waals surface area contributed by atoms with Crippen molar-refractivity contribution < 1.29 is 17.9 Å². The molecule has 0 radical (unpaired) electrons. The van der Waals surface area contributed by atoms with Gasteiger partial charge in [-0.2, -0.15) is 4.31 Å². The largest absolute Gasteiger partial charge is 0.469 e. The van der Waals surface area contributed by atoms with E-state index in [0.717, 1.165) is 6.20 Å². The summed E-state index contributed by atoms with van der Waals surface area (Å²) in [5, 5.41) is 0.107. The van der Waals surface area contributed by atoms with Crippen molar-refractivity contribution in [1.29, 1.82) is 0 Å². The summed E-state index contributed by atoms with van der Waals surface area (Å²) in [7, 11) is -2.45. The Labute approximate surface area is 126 Å². The lowest BCUT2D eigenvalue weighted by Gasteiger charge is -2.16. The molecule has 9 heteroatoms. The highest BCUT2D eigenvalue weighted by atomic mass is 35.5. The molecule has 1 unspecified atom stereocenters. The molecule has 6 nitrogen and oxygen atoms in total. The van der Waals surface area contributed by atoms with Gasteiger partial charge in [-0.05, 0) is 12.5 Å². The molecule has 110 valence electrons. The second kappa shape index (κ2) is 5.85. The van der Waals surface area contributed by atoms with Gasteiger partial charge in [0.1, 0.15) is 10.0 Å². The van der Waals surface area contributed by atoms with Crippen molar-refractivity contribution in [2.45, 2.75) is 11.3 Å². The molecule has 1 aliphatic heterocycles. The molecule has 1 aromatic rings. The van der Waals surface area contributed by atoms with Crippen LogP contribution < -0.4 is 0 Å². The lowest BCUT2D eigenvalue weighted by molar-refractivity contribution is -0.144. The number of halogens is 2. The predicted octanol–water partition coefficient (Wildman–Crippen LogP) is 1.57. The van der Waals surface area contributed by atoms with Gasteiger partial charge in [0.15, 0.2) is 0 Å². The molecule has 2 heterocycles. The van der Waals surface area contributed by atoms with Gasteiger partial charge in [-0.15, -0.1) is 0 Å². The van der Waals surface area contributed by atoms with Gasteiger partial charge in [-0.1, -0.05) is 23.2 Å². The molecule has 1 atom stereocenters. The van der Waals surface area contributed by atoms with Crippen molar-refractivity contribution in [1.82, 2.24) is 9.29 Å². The fraction of sp³-hybridized carbons (Fsp3) is 0.455. The first kappa shape index (κ1) is 15.5. The third-order valence-electron chi connectivity index (χ3n) is 3.09. The highest BCUT2D eigenvalue weighted by Gasteiger charge is 2.36. The minimum Gasteiger partial charge on any atom is -0.469 e. The fourth-order valence-corrected chi connectivity index (χ4v) is 3.81. The minimum absolute atomic E-state index is 0.0412. The third-order valence-corrected chi connectivity index (χ3v) is 5.61. The van der Waals surface area contributed by atoms with Crippen molar-refractivity contribution >= 4 is 39.2 Å². The van der Waals surface area contributed by atoms with Gasteiger partial charge in [0, 0.05) is 19.3 Å². The van der Waals surface area contributed by atoms with E-state index in [-0.39, 0.29) is 28.2 Å². The maximum Gasteiger partial charge on any atom is 0.310 e. The maximum absolute atomic E-state index is 12.4. The zero-order valence-corrected chi connectivity index (χ0v) is 12.9. The Hall–Kier alpha value is -0.890. The quantitative estimate of drug-likeness (QED) is 0.617. The van der Waals surface area contributed by atoms with E-state index in [2.05, 4.69) is 9.72 Å². The lowest BCUT2D eigenvalue weighted by Crippen LogP contribution is -2.30. The van der Waals surface area contributed by atoms with Crippen LogP contribution in [0.4, 0.5) is 0 Å². The van der Waals surface area contributed by atoms with E-state index in [1.165, 1.54) is 17.5 Å². The smallest absolute Gasteiger partial charge is 0.310 e. The van der Waals surface area contributed by atoms with Crippen molar-refractivity contribution in [3.63, 3.8) is 0 Å². The second-order valence-corrected chi connectivity index (χ2v) is 7.02. The number of hydrogen-bond acceptors (Lipinski definition) is 5. The Morgan fingerprint density at radius 3 is 2.80 bits per heavy atom. The zero-order valence-electron chi connectivity index (χ0n) is 10.5. The fourth-order valence-electron chi connectivity index (χ4n) is 2.00. The lowest BCUT2D eigenvalue weighted by atomic mass is 10.1. The van der Waals surface area contributed by atoms with Crippen molar-refractivity contribution in [2.24, 2.45) is 5.92 Å². The average Bonchev–Trinajstić information content (AvgIpc) is 2.91. The number of hydrogen-bond donors (Lipinski definition) is 0. The number of methoxy groups -OCH3 is 1. The zero-order chi connectivity index (χ0) is 14.9. The standard InChI is InChI=1S/C11H12Cl2N2O4S/c1-19-11(16)7-2-3-15(6-7)20(17,18)8-4-9(12)10(13)14-5-8/h4-5,7H,2-3,6H2,1H3. The number of carbonyl (C=O) groups is 1. The summed E-state index contributed by atoms with van der Waals surface area (Å²) in [5.74, 6) is -0.847. The van der Waals surface area contributed by atoms with Crippen molar-refractivity contribution in [3.05, 3.63) is 22.4 Å². The van der Waals surface area contributed by atoms with E-state index in [1.807, 2.05) is 0 Å². The van der Waals surface area contributed by atoms with Gasteiger partial charge in [-0.25, -0.2) is 13.4 Å². The predicted molar refractivity (Wildman–Crippen MR) is 73.1 cm³/mol. The van der Waals surface area contributed by atoms with Crippen LogP contribution in [-0.2, 0) is 19.6 Å². The second-order valence-electron chi connectivity index (χ2n) is 4.32. The Kier molecular flexibility index (Phi) is 4.53. The van der Waals surface area contributed by atoms with Gasteiger partial charge in [0.05, 0.1) is 18.1 Å². The monoisotopic (exact) mass is 338 g/mol. The summed E-state index contributed by atoms with van der Waals surface area (Å²) < 4.78 is 30.6. The van der Waals surface area contributed by atoms with Crippen LogP contribution in [-0.4, -0.2) is 43.9 Å². The summed E-state index contributed by atoms with van der Waals surface area (Å²) in [5.41, 5.74) is 0. The Balaban J connectivity index is 2.23. The average molecular weight is 339 g/mol. The summed E-state index contributed by atoms with van der Waals surface area (Å²) >= 11 is 11.4. The molecule has 20 heavy (non-hydrogen) atoms. The van der Waals surface area contributed by atoms with E-state index in [9.17, 15) is 13.2 Å². The van der Waals surface area contributed by atoms with E-state index in [0.29, 0.717) is 6.42 Å². The third kappa shape index (κ3) is 2.90. The van der Waals surface area contributed by atoms with Crippen LogP contribution >= 0.6 is 23.2 Å². The number of aromatic nitrogens is 1. The van der Waals surface area contributed by atoms with Gasteiger partial charge >= 0.3 is 5.97 Å². The van der Waals surface area contributed by atoms with Crippen LogP contribution in [0.3, 0.4) is 0 Å². The van der Waals surface area contributed by atoms with Gasteiger partial charge in [0.25, 0.3) is 0 Å². The SMILES string of the molecule is COC(=O)C1CCN(S(=O)(=O)c2cnc(Cl)c(Cl)c2)C1. The molecule has 0 saturated carbocycles. The molecule has 0 amide bonds. The molecule has 1 saturated heterocycles. The van der Waals surface area contributed by atoms with Gasteiger partial charge in [0.2, 0.25) is 10.0 Å². The molecule has 1 fully saturated rings. The number of rotatable bonds is 3. The van der Waals surface area contributed by atoms with E-state index in [1.54, 1.807) is 0 Å². The van der Waals surface area contributed by atoms with Crippen LogP contribution in [0.25, 0.3) is 0 Å². The molecule has 2 rings (SSSR count). The molecular formula is C11H12Cl2N2O4S. The topological polar surface area (TPSA) is 76.6 Å². The van der Waals surface area contributed by atoms with Gasteiger partial charge in [-0.3, -0.25) is 4.79 Å². The van der Waals surface area contributed by atoms with E-state index in [4.69, 9.17) is 23.2 Å². The molecule has 0 spiro atoms. The molecule has 0 aliphatic carbocycles. The first-order chi connectivity index (χ1) is 9.36. The molecule has 1 aromatic heterocycles. The molecule has 0 aromatic carbocycles. The Bertz CT molecular complexity index is 635. The minimum atomic E-state index is -3.73. The highest BCUT2D eigenvalue weighted by molar-refractivity contribution is 7.89. The molecule has 0 N–H and O–H groups in total. The highest BCUT2D eigenvalue weighted by Crippen LogP contribution is 2.28. The van der Waals surface area contributed by atoms with Crippen molar-refractivity contribution in [2.75, 3.05) is 20.2 Å². The number of ether oxygens (including phenoxy) is 1. The van der Waals surface area contributed by atoms with E-state index < -0.39 is 21.9 Å². The normalized spacial score (nSPS) is 20.1. The van der Waals surface area contributed by atoms with Crippen LogP contribution in [0.5, 0.6) is 0 Å². The Morgan fingerprint density at radius 1 is 1.50 bits per heavy atom. The molecule has 0 bridgehead atoms. The number of pyridine rings is 1. The Morgan fingerprint density at radius 2 is 2.20 bits per heavy atom. The summed E-state index contributed by atoms with van der Waals surface area (Å²) in [6, 6.07) is 1.25. The maximum atomic E-state index is 12.4. The summed E-state index contributed by atoms with van der Waals surface area (Å²) in [4.78, 5) is 15.1. The number of sulfonamides is 1. The van der Waals surface area contributed by atoms with Crippen LogP contribution in [0.1, 0.15) is 6.42 Å². The number of esters is 1. The summed E-state index contributed by atoms with van der Waals surface area (Å²) in [6.07, 6.45) is 1.58. The van der Waals surface area contributed by atoms with Crippen LogP contribution in [0, 0.1) is 5.92 Å². The van der Waals surface area contributed by atoms with Crippen LogP contribution in [0.2, 0.25) is 10.2 Å². The van der Waals surface area contributed by atoms with Crippen LogP contribution in [0.15, 0.2) is 17.2 Å². The molecule has 1 aliphatic rings. The number of carbonyl (C=O) groups excluding carboxylic acids is 1. The first-order valence-electron chi connectivity index (χ1n) is 5.75. The summed E-state index contributed by atoms with van der Waals surface area (Å²) in [6.45, 7) is 0.345. The van der Waals surface area contributed by atoms with Crippen molar-refractivity contribution in [3.8, 4) is 0 Å². The van der Waals surface area contributed by atoms with E-state index >= 15 is 0 Å².